The molecule has 4 amide bonds. The fourth-order valence-electron chi connectivity index (χ4n) is 3.20. The number of hydrogen-bond donors (Lipinski definition) is 3. The highest BCUT2D eigenvalue weighted by Crippen LogP contribution is 2.35. The second-order valence-corrected chi connectivity index (χ2v) is 6.30. The number of nitrogens with one attached hydrogen (secondary N) is 3. The summed E-state index contributed by atoms with van der Waals surface area (Å²) in [5, 5.41) is 9.06. The van der Waals surface area contributed by atoms with Crippen LogP contribution in [0.5, 0.6) is 0 Å². The summed E-state index contributed by atoms with van der Waals surface area (Å²) < 4.78 is 0. The Hall–Kier alpha value is -4.27. The van der Waals surface area contributed by atoms with E-state index in [0.717, 1.165) is 6.07 Å². The minimum absolute atomic E-state index is 0.151. The third-order valence-corrected chi connectivity index (χ3v) is 4.56. The van der Waals surface area contributed by atoms with Crippen molar-refractivity contribution < 1.29 is 14.4 Å². The van der Waals surface area contributed by atoms with Gasteiger partial charge >= 0.3 is 6.03 Å². The molecule has 0 bridgehead atoms. The molecular weight excluding hydrogens is 374 g/mol. The Bertz CT molecular complexity index is 1080. The predicted octanol–water partition coefficient (Wildman–Crippen LogP) is 0.910. The van der Waals surface area contributed by atoms with E-state index in [9.17, 15) is 19.2 Å². The normalized spacial score (nSPS) is 15.1. The molecule has 1 aliphatic rings. The van der Waals surface area contributed by atoms with Gasteiger partial charge in [-0.25, -0.2) is 9.89 Å². The average Bonchev–Trinajstić information content (AvgIpc) is 3.01. The molecule has 1 aromatic heterocycles. The molecule has 2 heterocycles. The summed E-state index contributed by atoms with van der Waals surface area (Å²) >= 11 is 0. The molecule has 144 valence electrons. The van der Waals surface area contributed by atoms with Crippen molar-refractivity contribution >= 4 is 17.8 Å². The predicted molar refractivity (Wildman–Crippen MR) is 101 cm³/mol. The van der Waals surface area contributed by atoms with Crippen molar-refractivity contribution in [1.82, 2.24) is 25.9 Å². The van der Waals surface area contributed by atoms with Crippen molar-refractivity contribution in [2.75, 3.05) is 0 Å². The van der Waals surface area contributed by atoms with E-state index in [1.165, 1.54) is 6.07 Å². The molecule has 0 radical (unpaired) electrons. The number of rotatable bonds is 4. The van der Waals surface area contributed by atoms with Gasteiger partial charge < -0.3 is 5.32 Å². The van der Waals surface area contributed by atoms with Crippen molar-refractivity contribution in [1.29, 1.82) is 0 Å². The van der Waals surface area contributed by atoms with Crippen molar-refractivity contribution in [2.45, 2.75) is 5.54 Å². The maximum atomic E-state index is 13.4. The summed E-state index contributed by atoms with van der Waals surface area (Å²) in [6.07, 6.45) is 0. The van der Waals surface area contributed by atoms with Crippen molar-refractivity contribution in [3.63, 3.8) is 0 Å². The van der Waals surface area contributed by atoms with Gasteiger partial charge in [0.2, 0.25) is 0 Å². The zero-order valence-corrected chi connectivity index (χ0v) is 15.0. The highest BCUT2D eigenvalue weighted by Gasteiger charge is 2.54. The Morgan fingerprint density at radius 1 is 0.862 bits per heavy atom. The second-order valence-electron chi connectivity index (χ2n) is 6.30. The number of benzene rings is 2. The smallest absolute Gasteiger partial charge is 0.314 e. The molecule has 0 saturated carbocycles. The van der Waals surface area contributed by atoms with Crippen LogP contribution in [0, 0.1) is 0 Å². The fourth-order valence-corrected chi connectivity index (χ4v) is 3.20. The molecule has 3 N–H and O–H groups in total. The Kier molecular flexibility index (Phi) is 4.40. The number of nitrogens with zero attached hydrogens (tertiary/aromatic N) is 2. The van der Waals surface area contributed by atoms with Gasteiger partial charge in [0.25, 0.3) is 17.4 Å². The van der Waals surface area contributed by atoms with Crippen LogP contribution < -0.4 is 16.3 Å². The third kappa shape index (κ3) is 3.04. The Labute approximate surface area is 164 Å². The first-order valence-corrected chi connectivity index (χ1v) is 8.67. The van der Waals surface area contributed by atoms with Crippen LogP contribution in [0.3, 0.4) is 0 Å². The summed E-state index contributed by atoms with van der Waals surface area (Å²) in [6.45, 7) is 0. The Morgan fingerprint density at radius 2 is 1.45 bits per heavy atom. The first kappa shape index (κ1) is 18.1. The van der Waals surface area contributed by atoms with Gasteiger partial charge in [0.15, 0.2) is 11.2 Å². The number of H-pyrrole nitrogens is 1. The van der Waals surface area contributed by atoms with Crippen LogP contribution in [-0.2, 0) is 10.3 Å². The van der Waals surface area contributed by atoms with E-state index in [2.05, 4.69) is 20.9 Å². The van der Waals surface area contributed by atoms with Crippen LogP contribution in [-0.4, -0.2) is 33.1 Å². The van der Waals surface area contributed by atoms with E-state index >= 15 is 0 Å². The molecule has 9 nitrogen and oxygen atoms in total. The quantitative estimate of drug-likeness (QED) is 0.572. The van der Waals surface area contributed by atoms with Crippen LogP contribution >= 0.6 is 0 Å². The maximum absolute atomic E-state index is 13.4. The van der Waals surface area contributed by atoms with E-state index in [0.29, 0.717) is 16.1 Å². The molecule has 1 saturated heterocycles. The summed E-state index contributed by atoms with van der Waals surface area (Å²) in [7, 11) is 0. The lowest BCUT2D eigenvalue weighted by molar-refractivity contribution is -0.131. The third-order valence-electron chi connectivity index (χ3n) is 4.56. The van der Waals surface area contributed by atoms with Crippen LogP contribution in [0.4, 0.5) is 4.79 Å². The molecule has 1 aliphatic heterocycles. The number of aromatic amines is 1. The minimum Gasteiger partial charge on any atom is -0.314 e. The van der Waals surface area contributed by atoms with E-state index in [-0.39, 0.29) is 5.69 Å². The van der Waals surface area contributed by atoms with E-state index in [1.807, 2.05) is 0 Å². The van der Waals surface area contributed by atoms with Crippen molar-refractivity contribution in [2.24, 2.45) is 0 Å². The zero-order valence-electron chi connectivity index (χ0n) is 15.0. The highest BCUT2D eigenvalue weighted by molar-refractivity contribution is 6.11. The van der Waals surface area contributed by atoms with Gasteiger partial charge in [0.1, 0.15) is 0 Å². The largest absolute Gasteiger partial charge is 0.344 e. The highest BCUT2D eigenvalue weighted by atomic mass is 16.2. The summed E-state index contributed by atoms with van der Waals surface area (Å²) in [5.41, 5.74) is 1.22. The number of carbonyl (C=O) groups excluding carboxylic acids is 3. The summed E-state index contributed by atoms with van der Waals surface area (Å²) in [5.74, 6) is -1.49. The van der Waals surface area contributed by atoms with Gasteiger partial charge in [0, 0.05) is 6.07 Å². The number of carbonyl (C=O) groups is 3. The molecule has 0 unspecified atom stereocenters. The standard InChI is InChI=1S/C20H15N5O4/c26-16-12-11-15(22-23-16)17(27)24-25-18(28)20(21-19(25)29,13-7-3-1-4-8-13)14-9-5-2-6-10-14/h1-12H,(H,21,29)(H,23,26)(H,24,27). The molecule has 1 fully saturated rings. The lowest BCUT2D eigenvalue weighted by Crippen LogP contribution is -2.49. The van der Waals surface area contributed by atoms with Gasteiger partial charge in [-0.3, -0.25) is 19.8 Å². The molecule has 29 heavy (non-hydrogen) atoms. The molecule has 0 atom stereocenters. The summed E-state index contributed by atoms with van der Waals surface area (Å²) in [6, 6.07) is 19.0. The Morgan fingerprint density at radius 3 is 1.97 bits per heavy atom. The van der Waals surface area contributed by atoms with Gasteiger partial charge in [0.05, 0.1) is 0 Å². The summed E-state index contributed by atoms with van der Waals surface area (Å²) in [4.78, 5) is 49.6. The van der Waals surface area contributed by atoms with E-state index < -0.39 is 28.9 Å². The Balaban J connectivity index is 1.73. The van der Waals surface area contributed by atoms with Gasteiger partial charge in [-0.05, 0) is 17.2 Å². The topological polar surface area (TPSA) is 124 Å². The van der Waals surface area contributed by atoms with Crippen LogP contribution in [0.2, 0.25) is 0 Å². The number of imide groups is 1. The number of hydrogen-bond acceptors (Lipinski definition) is 5. The maximum Gasteiger partial charge on any atom is 0.344 e. The minimum atomic E-state index is -1.49. The average molecular weight is 389 g/mol. The van der Waals surface area contributed by atoms with Crippen LogP contribution in [0.1, 0.15) is 21.6 Å². The van der Waals surface area contributed by atoms with Crippen LogP contribution in [0.25, 0.3) is 0 Å². The van der Waals surface area contributed by atoms with Crippen molar-refractivity contribution in [3.05, 3.63) is 100.0 Å². The lowest BCUT2D eigenvalue weighted by Gasteiger charge is -2.27. The van der Waals surface area contributed by atoms with E-state index in [1.54, 1.807) is 60.7 Å². The monoisotopic (exact) mass is 389 g/mol. The fraction of sp³-hybridized carbons (Fsp3) is 0.0500. The number of hydrazine groups is 1. The van der Waals surface area contributed by atoms with Crippen molar-refractivity contribution in [3.8, 4) is 0 Å². The number of aromatic nitrogens is 2. The van der Waals surface area contributed by atoms with Gasteiger partial charge in [-0.15, -0.1) is 0 Å². The first-order valence-electron chi connectivity index (χ1n) is 8.67. The second kappa shape index (κ2) is 7.04. The van der Waals surface area contributed by atoms with E-state index in [4.69, 9.17) is 0 Å². The van der Waals surface area contributed by atoms with Gasteiger partial charge in [-0.1, -0.05) is 60.7 Å². The van der Waals surface area contributed by atoms with Gasteiger partial charge in [-0.2, -0.15) is 10.1 Å². The molecular formula is C20H15N5O4. The molecule has 0 aliphatic carbocycles. The lowest BCUT2D eigenvalue weighted by atomic mass is 9.83. The molecule has 3 aromatic rings. The molecule has 2 aromatic carbocycles. The molecule has 0 spiro atoms. The SMILES string of the molecule is O=C(NN1C(=O)NC(c2ccccc2)(c2ccccc2)C1=O)c1ccc(=O)[nH]n1. The number of amides is 4. The molecule has 4 rings (SSSR count). The number of urea groups is 1. The molecule has 9 heteroatoms. The first-order chi connectivity index (χ1) is 14.0. The zero-order chi connectivity index (χ0) is 20.4. The van der Waals surface area contributed by atoms with Crippen LogP contribution in [0.15, 0.2) is 77.6 Å².